The number of methoxy groups -OCH3 is 1. The number of nitrogens with one attached hydrogen (secondary N) is 1. The van der Waals surface area contributed by atoms with E-state index in [2.05, 4.69) is 26.2 Å². The molecule has 2 aromatic carbocycles. The molecule has 0 saturated heterocycles. The summed E-state index contributed by atoms with van der Waals surface area (Å²) in [6.07, 6.45) is 0. The Morgan fingerprint density at radius 3 is 2.57 bits per heavy atom. The van der Waals surface area contributed by atoms with Crippen molar-refractivity contribution >= 4 is 38.4 Å². The van der Waals surface area contributed by atoms with Gasteiger partial charge in [-0.3, -0.25) is 9.78 Å². The molecule has 0 unspecified atom stereocenters. The monoisotopic (exact) mass is 370 g/mol. The fourth-order valence-electron chi connectivity index (χ4n) is 2.33. The number of fused-ring (bicyclic) bond motifs is 1. The smallest absolute Gasteiger partial charge is 0.257 e. The van der Waals surface area contributed by atoms with Crippen molar-refractivity contribution in [1.29, 1.82) is 0 Å². The van der Waals surface area contributed by atoms with E-state index < -0.39 is 0 Å². The van der Waals surface area contributed by atoms with Gasteiger partial charge in [0.2, 0.25) is 0 Å². The van der Waals surface area contributed by atoms with Gasteiger partial charge in [0.1, 0.15) is 5.75 Å². The molecule has 1 aromatic heterocycles. The Bertz CT molecular complexity index is 876. The summed E-state index contributed by atoms with van der Waals surface area (Å²) in [6.45, 7) is 1.83. The van der Waals surface area contributed by atoms with Gasteiger partial charge in [0.05, 0.1) is 23.9 Å². The lowest BCUT2D eigenvalue weighted by Gasteiger charge is -2.09. The minimum absolute atomic E-state index is 0.171. The van der Waals surface area contributed by atoms with E-state index in [4.69, 9.17) is 4.74 Å². The summed E-state index contributed by atoms with van der Waals surface area (Å²) in [5.74, 6) is 0.575. The Morgan fingerprint density at radius 2 is 1.87 bits per heavy atom. The van der Waals surface area contributed by atoms with E-state index in [9.17, 15) is 4.79 Å². The second-order valence-electron chi connectivity index (χ2n) is 5.14. The number of hydrogen-bond acceptors (Lipinski definition) is 3. The second-order valence-corrected chi connectivity index (χ2v) is 6.06. The molecule has 0 aliphatic heterocycles. The third kappa shape index (κ3) is 3.35. The van der Waals surface area contributed by atoms with Gasteiger partial charge in [0, 0.05) is 21.6 Å². The van der Waals surface area contributed by atoms with Crippen LogP contribution in [-0.4, -0.2) is 18.0 Å². The Labute approximate surface area is 142 Å². The van der Waals surface area contributed by atoms with Crippen LogP contribution < -0.4 is 10.1 Å². The number of pyridine rings is 1. The van der Waals surface area contributed by atoms with Crippen molar-refractivity contribution < 1.29 is 9.53 Å². The zero-order chi connectivity index (χ0) is 16.4. The fraction of sp³-hybridized carbons (Fsp3) is 0.111. The quantitative estimate of drug-likeness (QED) is 0.734. The van der Waals surface area contributed by atoms with Crippen molar-refractivity contribution in [3.8, 4) is 5.75 Å². The Hall–Kier alpha value is -2.40. The minimum atomic E-state index is -0.171. The first-order valence-corrected chi connectivity index (χ1v) is 7.88. The number of amides is 1. The van der Waals surface area contributed by atoms with E-state index in [1.165, 1.54) is 0 Å². The van der Waals surface area contributed by atoms with Crippen LogP contribution in [0.25, 0.3) is 10.9 Å². The van der Waals surface area contributed by atoms with Crippen molar-refractivity contribution in [2.75, 3.05) is 12.4 Å². The van der Waals surface area contributed by atoms with Gasteiger partial charge < -0.3 is 10.1 Å². The molecule has 4 nitrogen and oxygen atoms in total. The average molecular weight is 371 g/mol. The van der Waals surface area contributed by atoms with Crippen LogP contribution >= 0.6 is 15.9 Å². The molecule has 3 rings (SSSR count). The SMILES string of the molecule is COc1ccc2cc(C(=O)Nc3ccc(Br)cc3)c(C)nc2c1. The molecule has 0 spiro atoms. The molecule has 5 heteroatoms. The molecule has 1 N–H and O–H groups in total. The zero-order valence-electron chi connectivity index (χ0n) is 12.8. The number of benzene rings is 2. The lowest BCUT2D eigenvalue weighted by Crippen LogP contribution is -2.14. The Kier molecular flexibility index (Phi) is 4.30. The Balaban J connectivity index is 1.93. The summed E-state index contributed by atoms with van der Waals surface area (Å²) < 4.78 is 6.17. The van der Waals surface area contributed by atoms with E-state index in [-0.39, 0.29) is 5.91 Å². The van der Waals surface area contributed by atoms with E-state index in [1.54, 1.807) is 7.11 Å². The normalized spacial score (nSPS) is 10.6. The highest BCUT2D eigenvalue weighted by molar-refractivity contribution is 9.10. The first-order valence-electron chi connectivity index (χ1n) is 7.09. The highest BCUT2D eigenvalue weighted by Gasteiger charge is 2.12. The van der Waals surface area contributed by atoms with Crippen LogP contribution in [0.5, 0.6) is 5.75 Å². The molecule has 0 aliphatic rings. The molecule has 0 atom stereocenters. The van der Waals surface area contributed by atoms with Crippen molar-refractivity contribution in [3.63, 3.8) is 0 Å². The van der Waals surface area contributed by atoms with Crippen molar-refractivity contribution in [2.45, 2.75) is 6.92 Å². The second kappa shape index (κ2) is 6.38. The lowest BCUT2D eigenvalue weighted by atomic mass is 10.1. The van der Waals surface area contributed by atoms with Crippen LogP contribution in [0.1, 0.15) is 16.1 Å². The summed E-state index contributed by atoms with van der Waals surface area (Å²) in [5.41, 5.74) is 2.79. The van der Waals surface area contributed by atoms with Gasteiger partial charge in [-0.05, 0) is 49.4 Å². The maximum absolute atomic E-state index is 12.5. The van der Waals surface area contributed by atoms with E-state index in [1.807, 2.05) is 55.5 Å². The predicted molar refractivity (Wildman–Crippen MR) is 95.1 cm³/mol. The summed E-state index contributed by atoms with van der Waals surface area (Å²) in [7, 11) is 1.62. The third-order valence-electron chi connectivity index (χ3n) is 3.56. The van der Waals surface area contributed by atoms with Gasteiger partial charge in [-0.15, -0.1) is 0 Å². The number of rotatable bonds is 3. The number of carbonyl (C=O) groups excluding carboxylic acids is 1. The molecule has 1 amide bonds. The number of aromatic nitrogens is 1. The third-order valence-corrected chi connectivity index (χ3v) is 4.09. The molecule has 1 heterocycles. The molecule has 116 valence electrons. The van der Waals surface area contributed by atoms with Gasteiger partial charge >= 0.3 is 0 Å². The molecular weight excluding hydrogens is 356 g/mol. The number of anilines is 1. The van der Waals surface area contributed by atoms with Crippen molar-refractivity contribution in [3.05, 3.63) is 64.3 Å². The fourth-order valence-corrected chi connectivity index (χ4v) is 2.60. The number of carbonyl (C=O) groups is 1. The van der Waals surface area contributed by atoms with Gasteiger partial charge in [0.25, 0.3) is 5.91 Å². The topological polar surface area (TPSA) is 51.2 Å². The molecule has 0 radical (unpaired) electrons. The summed E-state index contributed by atoms with van der Waals surface area (Å²) in [6, 6.07) is 14.9. The largest absolute Gasteiger partial charge is 0.497 e. The molecule has 0 saturated carbocycles. The standard InChI is InChI=1S/C18H15BrN2O2/c1-11-16(18(22)21-14-6-4-13(19)5-7-14)9-12-3-8-15(23-2)10-17(12)20-11/h3-10H,1-2H3,(H,21,22). The van der Waals surface area contributed by atoms with Gasteiger partial charge in [-0.2, -0.15) is 0 Å². The zero-order valence-corrected chi connectivity index (χ0v) is 14.3. The summed E-state index contributed by atoms with van der Waals surface area (Å²) >= 11 is 3.37. The van der Waals surface area contributed by atoms with Crippen molar-refractivity contribution in [2.24, 2.45) is 0 Å². The first-order chi connectivity index (χ1) is 11.1. The van der Waals surface area contributed by atoms with Crippen LogP contribution in [0.4, 0.5) is 5.69 Å². The molecule has 0 bridgehead atoms. The first kappa shape index (κ1) is 15.5. The predicted octanol–water partition coefficient (Wildman–Crippen LogP) is 4.57. The van der Waals surface area contributed by atoms with E-state index in [0.717, 1.165) is 26.8 Å². The number of nitrogens with zero attached hydrogens (tertiary/aromatic N) is 1. The number of halogens is 1. The summed E-state index contributed by atoms with van der Waals surface area (Å²) in [5, 5.41) is 3.79. The van der Waals surface area contributed by atoms with Crippen LogP contribution in [0.15, 0.2) is 53.0 Å². The highest BCUT2D eigenvalue weighted by Crippen LogP contribution is 2.22. The molecule has 23 heavy (non-hydrogen) atoms. The van der Waals surface area contributed by atoms with Crippen molar-refractivity contribution in [1.82, 2.24) is 4.98 Å². The van der Waals surface area contributed by atoms with Crippen LogP contribution in [0.2, 0.25) is 0 Å². The van der Waals surface area contributed by atoms with Gasteiger partial charge in [-0.25, -0.2) is 0 Å². The summed E-state index contributed by atoms with van der Waals surface area (Å²) in [4.78, 5) is 17.0. The van der Waals surface area contributed by atoms with E-state index >= 15 is 0 Å². The highest BCUT2D eigenvalue weighted by atomic mass is 79.9. The molecule has 0 aliphatic carbocycles. The lowest BCUT2D eigenvalue weighted by molar-refractivity contribution is 0.102. The van der Waals surface area contributed by atoms with Crippen LogP contribution in [0, 0.1) is 6.92 Å². The van der Waals surface area contributed by atoms with Gasteiger partial charge in [-0.1, -0.05) is 15.9 Å². The maximum atomic E-state index is 12.5. The molecule has 0 fully saturated rings. The number of ether oxygens (including phenoxy) is 1. The van der Waals surface area contributed by atoms with E-state index in [0.29, 0.717) is 11.3 Å². The van der Waals surface area contributed by atoms with Gasteiger partial charge in [0.15, 0.2) is 0 Å². The Morgan fingerprint density at radius 1 is 1.13 bits per heavy atom. The molecule has 3 aromatic rings. The molecular formula is C18H15BrN2O2. The number of hydrogen-bond donors (Lipinski definition) is 1. The number of aryl methyl sites for hydroxylation is 1. The van der Waals surface area contributed by atoms with Crippen LogP contribution in [0.3, 0.4) is 0 Å². The van der Waals surface area contributed by atoms with Crippen LogP contribution in [-0.2, 0) is 0 Å². The maximum Gasteiger partial charge on any atom is 0.257 e. The minimum Gasteiger partial charge on any atom is -0.497 e. The average Bonchev–Trinajstić information content (AvgIpc) is 2.55.